The maximum absolute atomic E-state index is 13.4. The molecule has 1 aromatic heterocycles. The molecule has 0 spiro atoms. The number of hydrogen-bond acceptors (Lipinski definition) is 5. The summed E-state index contributed by atoms with van der Waals surface area (Å²) in [5, 5.41) is 9.47. The Bertz CT molecular complexity index is 888. The van der Waals surface area contributed by atoms with Crippen molar-refractivity contribution >= 4 is 18.3 Å². The highest BCUT2D eigenvalue weighted by Crippen LogP contribution is 2.30. The number of aliphatic hydroxyl groups is 1. The summed E-state index contributed by atoms with van der Waals surface area (Å²) in [4.78, 5) is 17.1. The van der Waals surface area contributed by atoms with Crippen molar-refractivity contribution in [3.8, 4) is 5.88 Å². The molecule has 1 aromatic carbocycles. The highest BCUT2D eigenvalue weighted by Gasteiger charge is 2.35. The highest BCUT2D eigenvalue weighted by molar-refractivity contribution is 5.94. The molecule has 1 aliphatic heterocycles. The number of aromatic nitrogens is 1. The fourth-order valence-electron chi connectivity index (χ4n) is 2.94. The van der Waals surface area contributed by atoms with Crippen LogP contribution < -0.4 is 10.5 Å². The quantitative estimate of drug-likeness (QED) is 0.685. The zero-order valence-corrected chi connectivity index (χ0v) is 16.4. The average molecular weight is 450 g/mol. The summed E-state index contributed by atoms with van der Waals surface area (Å²) in [7, 11) is 0. The summed E-state index contributed by atoms with van der Waals surface area (Å²) >= 11 is 0. The first-order chi connectivity index (χ1) is 13.7. The third-order valence-electron chi connectivity index (χ3n) is 4.46. The van der Waals surface area contributed by atoms with E-state index in [2.05, 4.69) is 4.98 Å². The number of pyridine rings is 1. The third kappa shape index (κ3) is 5.59. The van der Waals surface area contributed by atoms with Crippen LogP contribution in [0.5, 0.6) is 5.88 Å². The standard InChI is InChI=1S/C19H19F4N3O3.ClH/c20-14-8-26(9-15(14)27)18(28)13-3-1-2-11(4-13)10-29-17-6-12(7-24)5-16(25-17)19(21,22)23;/h1-6,14-15,27H,7-10,24H2;1H/t14-,15-;/m1./s1. The molecule has 164 valence electrons. The van der Waals surface area contributed by atoms with Crippen LogP contribution in [0.15, 0.2) is 36.4 Å². The zero-order chi connectivity index (χ0) is 21.2. The smallest absolute Gasteiger partial charge is 0.433 e. The van der Waals surface area contributed by atoms with Crippen molar-refractivity contribution in [3.63, 3.8) is 0 Å². The minimum atomic E-state index is -4.63. The van der Waals surface area contributed by atoms with Crippen molar-refractivity contribution in [2.24, 2.45) is 5.73 Å². The molecule has 0 saturated carbocycles. The van der Waals surface area contributed by atoms with E-state index in [-0.39, 0.29) is 55.7 Å². The van der Waals surface area contributed by atoms with Crippen LogP contribution in [-0.2, 0) is 19.3 Å². The Balaban J connectivity index is 0.00000320. The van der Waals surface area contributed by atoms with E-state index in [1.165, 1.54) is 23.1 Å². The molecule has 2 heterocycles. The molecular weight excluding hydrogens is 430 g/mol. The predicted molar refractivity (Wildman–Crippen MR) is 102 cm³/mol. The van der Waals surface area contributed by atoms with Gasteiger partial charge in [0.25, 0.3) is 5.91 Å². The number of nitrogens with two attached hydrogens (primary N) is 1. The molecule has 11 heteroatoms. The fraction of sp³-hybridized carbons (Fsp3) is 0.368. The highest BCUT2D eigenvalue weighted by atomic mass is 35.5. The van der Waals surface area contributed by atoms with Crippen LogP contribution in [0.1, 0.15) is 27.2 Å². The number of ether oxygens (including phenoxy) is 1. The van der Waals surface area contributed by atoms with Gasteiger partial charge in [-0.05, 0) is 29.3 Å². The molecule has 0 aliphatic carbocycles. The number of amides is 1. The number of rotatable bonds is 5. The maximum Gasteiger partial charge on any atom is 0.433 e. The van der Waals surface area contributed by atoms with E-state index in [0.29, 0.717) is 5.56 Å². The van der Waals surface area contributed by atoms with E-state index in [0.717, 1.165) is 6.07 Å². The summed E-state index contributed by atoms with van der Waals surface area (Å²) in [6, 6.07) is 8.41. The monoisotopic (exact) mass is 449 g/mol. The topological polar surface area (TPSA) is 88.7 Å². The summed E-state index contributed by atoms with van der Waals surface area (Å²) < 4.78 is 57.7. The van der Waals surface area contributed by atoms with E-state index in [1.54, 1.807) is 12.1 Å². The molecule has 0 bridgehead atoms. The number of benzene rings is 1. The first kappa shape index (κ1) is 23.8. The molecule has 3 N–H and O–H groups in total. The number of likely N-dealkylation sites (tertiary alicyclic amines) is 1. The van der Waals surface area contributed by atoms with Crippen molar-refractivity contribution < 1.29 is 32.2 Å². The summed E-state index contributed by atoms with van der Waals surface area (Å²) in [6.07, 6.45) is -7.34. The largest absolute Gasteiger partial charge is 0.473 e. The van der Waals surface area contributed by atoms with E-state index < -0.39 is 30.1 Å². The van der Waals surface area contributed by atoms with Crippen LogP contribution in [0.4, 0.5) is 17.6 Å². The van der Waals surface area contributed by atoms with Crippen LogP contribution in [0.25, 0.3) is 0 Å². The Morgan fingerprint density at radius 1 is 1.23 bits per heavy atom. The van der Waals surface area contributed by atoms with Gasteiger partial charge in [0, 0.05) is 24.7 Å². The van der Waals surface area contributed by atoms with Crippen molar-refractivity contribution in [2.75, 3.05) is 13.1 Å². The van der Waals surface area contributed by atoms with Crippen LogP contribution in [0.2, 0.25) is 0 Å². The van der Waals surface area contributed by atoms with Crippen LogP contribution in [-0.4, -0.2) is 46.3 Å². The van der Waals surface area contributed by atoms with Gasteiger partial charge in [-0.2, -0.15) is 13.2 Å². The Labute approximate surface area is 176 Å². The second-order valence-electron chi connectivity index (χ2n) is 6.68. The summed E-state index contributed by atoms with van der Waals surface area (Å²) in [5.41, 5.74) is 5.32. The van der Waals surface area contributed by atoms with Crippen molar-refractivity contribution in [1.29, 1.82) is 0 Å². The second kappa shape index (κ2) is 9.59. The normalized spacial score (nSPS) is 18.8. The van der Waals surface area contributed by atoms with Gasteiger partial charge in [0.1, 0.15) is 24.6 Å². The zero-order valence-electron chi connectivity index (χ0n) is 15.6. The van der Waals surface area contributed by atoms with Crippen LogP contribution in [0.3, 0.4) is 0 Å². The minimum Gasteiger partial charge on any atom is -0.473 e. The maximum atomic E-state index is 13.4. The number of nitrogens with zero attached hydrogens (tertiary/aromatic N) is 2. The van der Waals surface area contributed by atoms with E-state index in [1.807, 2.05) is 0 Å². The lowest BCUT2D eigenvalue weighted by atomic mass is 10.1. The third-order valence-corrected chi connectivity index (χ3v) is 4.46. The molecule has 2 aromatic rings. The van der Waals surface area contributed by atoms with Gasteiger partial charge >= 0.3 is 6.18 Å². The Morgan fingerprint density at radius 2 is 1.97 bits per heavy atom. The Morgan fingerprint density at radius 3 is 2.57 bits per heavy atom. The van der Waals surface area contributed by atoms with Crippen LogP contribution in [0, 0.1) is 0 Å². The molecule has 0 radical (unpaired) electrons. The van der Waals surface area contributed by atoms with Crippen LogP contribution >= 0.6 is 12.4 Å². The second-order valence-corrected chi connectivity index (χ2v) is 6.68. The number of alkyl halides is 4. The SMILES string of the molecule is Cl.NCc1cc(OCc2cccc(C(=O)N3C[C@@H](O)[C@H](F)C3)c2)nc(C(F)(F)F)c1. The minimum absolute atomic E-state index is 0. The molecule has 1 aliphatic rings. The molecule has 3 rings (SSSR count). The molecule has 0 unspecified atom stereocenters. The summed E-state index contributed by atoms with van der Waals surface area (Å²) in [6.45, 7) is -0.537. The molecule has 1 amide bonds. The van der Waals surface area contributed by atoms with E-state index in [9.17, 15) is 27.5 Å². The lowest BCUT2D eigenvalue weighted by Gasteiger charge is -2.16. The molecule has 6 nitrogen and oxygen atoms in total. The predicted octanol–water partition coefficient (Wildman–Crippen LogP) is 2.71. The molecule has 1 saturated heterocycles. The first-order valence-electron chi connectivity index (χ1n) is 8.78. The number of hydrogen-bond donors (Lipinski definition) is 2. The Hall–Kier alpha value is -2.43. The van der Waals surface area contributed by atoms with Gasteiger partial charge < -0.3 is 20.5 Å². The molecule has 1 fully saturated rings. The number of β-amino-alcohol motifs (C(OH)–C–C–N with tert-alkyl or cyclic N) is 1. The fourth-order valence-corrected chi connectivity index (χ4v) is 2.94. The number of carbonyl (C=O) groups is 1. The van der Waals surface area contributed by atoms with Gasteiger partial charge in [-0.3, -0.25) is 4.79 Å². The average Bonchev–Trinajstić information content (AvgIpc) is 3.03. The van der Waals surface area contributed by atoms with Gasteiger partial charge in [0.2, 0.25) is 5.88 Å². The molecular formula is C19H20ClF4N3O3. The van der Waals surface area contributed by atoms with Gasteiger partial charge in [0.05, 0.1) is 6.54 Å². The van der Waals surface area contributed by atoms with E-state index in [4.69, 9.17) is 10.5 Å². The van der Waals surface area contributed by atoms with Gasteiger partial charge in [-0.1, -0.05) is 12.1 Å². The number of aliphatic hydroxyl groups excluding tert-OH is 1. The van der Waals surface area contributed by atoms with Crippen molar-refractivity contribution in [3.05, 3.63) is 58.8 Å². The number of halogens is 5. The molecule has 2 atom stereocenters. The summed E-state index contributed by atoms with van der Waals surface area (Å²) in [5.74, 6) is -0.686. The van der Waals surface area contributed by atoms with Crippen molar-refractivity contribution in [1.82, 2.24) is 9.88 Å². The van der Waals surface area contributed by atoms with Crippen molar-refractivity contribution in [2.45, 2.75) is 31.6 Å². The molecule has 30 heavy (non-hydrogen) atoms. The first-order valence-corrected chi connectivity index (χ1v) is 8.78. The lowest BCUT2D eigenvalue weighted by Crippen LogP contribution is -2.29. The van der Waals surface area contributed by atoms with Gasteiger partial charge in [-0.15, -0.1) is 12.4 Å². The lowest BCUT2D eigenvalue weighted by molar-refractivity contribution is -0.141. The van der Waals surface area contributed by atoms with Gasteiger partial charge in [-0.25, -0.2) is 9.37 Å². The number of carbonyl (C=O) groups excluding carboxylic acids is 1. The van der Waals surface area contributed by atoms with Gasteiger partial charge in [0.15, 0.2) is 0 Å². The Kier molecular flexibility index (Phi) is 7.62. The van der Waals surface area contributed by atoms with E-state index >= 15 is 0 Å².